The molecule has 0 aliphatic heterocycles. The van der Waals surface area contributed by atoms with Crippen LogP contribution in [0.15, 0.2) is 29.2 Å². The van der Waals surface area contributed by atoms with Gasteiger partial charge in [0.25, 0.3) is 0 Å². The van der Waals surface area contributed by atoms with Gasteiger partial charge in [-0.15, -0.1) is 11.8 Å². The number of rotatable bonds is 8. The highest BCUT2D eigenvalue weighted by atomic mass is 32.2. The molecule has 0 heterocycles. The van der Waals surface area contributed by atoms with Gasteiger partial charge in [0.15, 0.2) is 0 Å². The molecule has 0 saturated carbocycles. The zero-order valence-electron chi connectivity index (χ0n) is 14.4. The van der Waals surface area contributed by atoms with E-state index in [0.29, 0.717) is 6.54 Å². The molecule has 1 aromatic carbocycles. The summed E-state index contributed by atoms with van der Waals surface area (Å²) in [5, 5.41) is 10.6. The highest BCUT2D eigenvalue weighted by Gasteiger charge is 2.29. The lowest BCUT2D eigenvalue weighted by molar-refractivity contribution is 0.0123. The van der Waals surface area contributed by atoms with Crippen molar-refractivity contribution < 1.29 is 5.11 Å². The summed E-state index contributed by atoms with van der Waals surface area (Å²) in [6.07, 6.45) is 1.25. The highest BCUT2D eigenvalue weighted by Crippen LogP contribution is 2.30. The fourth-order valence-electron chi connectivity index (χ4n) is 2.40. The number of thioether (sulfide) groups is 1. The van der Waals surface area contributed by atoms with Crippen molar-refractivity contribution in [2.75, 3.05) is 26.4 Å². The second-order valence-corrected chi connectivity index (χ2v) is 8.08. The van der Waals surface area contributed by atoms with Crippen LogP contribution in [0.2, 0.25) is 0 Å². The predicted octanol–water partition coefficient (Wildman–Crippen LogP) is 4.24. The molecule has 1 N–H and O–H groups in total. The number of aliphatic hydroxyl groups is 1. The molecule has 0 fully saturated rings. The van der Waals surface area contributed by atoms with Gasteiger partial charge in [-0.3, -0.25) is 0 Å². The maximum atomic E-state index is 10.6. The molecule has 2 nitrogen and oxygen atoms in total. The lowest BCUT2D eigenvalue weighted by atomic mass is 9.84. The molecule has 120 valence electrons. The molecule has 0 saturated heterocycles. The van der Waals surface area contributed by atoms with Crippen LogP contribution in [0, 0.1) is 5.92 Å². The van der Waals surface area contributed by atoms with E-state index >= 15 is 0 Å². The number of benzene rings is 1. The predicted molar refractivity (Wildman–Crippen MR) is 94.2 cm³/mol. The first-order chi connectivity index (χ1) is 9.72. The minimum atomic E-state index is -0.712. The average Bonchev–Trinajstić information content (AvgIpc) is 2.37. The van der Waals surface area contributed by atoms with Crippen LogP contribution in [0.4, 0.5) is 0 Å². The Balaban J connectivity index is 2.64. The lowest BCUT2D eigenvalue weighted by Gasteiger charge is -2.33. The van der Waals surface area contributed by atoms with Crippen molar-refractivity contribution >= 4 is 11.8 Å². The average molecular weight is 310 g/mol. The van der Waals surface area contributed by atoms with E-state index in [2.05, 4.69) is 45.0 Å². The van der Waals surface area contributed by atoms with Crippen LogP contribution in [0.1, 0.15) is 45.6 Å². The van der Waals surface area contributed by atoms with Crippen LogP contribution in [-0.2, 0) is 0 Å². The first-order valence-electron chi connectivity index (χ1n) is 7.82. The fourth-order valence-corrected chi connectivity index (χ4v) is 3.55. The molecular weight excluding hydrogens is 278 g/mol. The Morgan fingerprint density at radius 1 is 1.14 bits per heavy atom. The Morgan fingerprint density at radius 3 is 2.19 bits per heavy atom. The molecule has 3 heteroatoms. The monoisotopic (exact) mass is 309 g/mol. The third-order valence-corrected chi connectivity index (χ3v) is 4.96. The number of hydrogen-bond acceptors (Lipinski definition) is 3. The summed E-state index contributed by atoms with van der Waals surface area (Å²) in [5.41, 5.74) is 0.491. The molecule has 0 aliphatic rings. The topological polar surface area (TPSA) is 23.5 Å². The van der Waals surface area contributed by atoms with E-state index in [1.54, 1.807) is 0 Å². The highest BCUT2D eigenvalue weighted by molar-refractivity contribution is 7.99. The third-order valence-electron chi connectivity index (χ3n) is 3.91. The smallest absolute Gasteiger partial charge is 0.0811 e. The minimum absolute atomic E-state index is 0.120. The molecule has 0 amide bonds. The second kappa shape index (κ2) is 8.21. The molecule has 2 unspecified atom stereocenters. The van der Waals surface area contributed by atoms with Crippen molar-refractivity contribution in [1.29, 1.82) is 0 Å². The first-order valence-corrected chi connectivity index (χ1v) is 8.81. The molecule has 1 rings (SSSR count). The number of nitrogens with zero attached hydrogens (tertiary/aromatic N) is 1. The third kappa shape index (κ3) is 6.41. The van der Waals surface area contributed by atoms with E-state index in [9.17, 15) is 5.11 Å². The zero-order chi connectivity index (χ0) is 16.0. The molecule has 0 aromatic heterocycles. The maximum Gasteiger partial charge on any atom is 0.0811 e. The molecule has 21 heavy (non-hydrogen) atoms. The molecule has 1 aromatic rings. The quantitative estimate of drug-likeness (QED) is 0.727. The normalized spacial score (nSPS) is 16.2. The van der Waals surface area contributed by atoms with Crippen molar-refractivity contribution in [3.8, 4) is 0 Å². The van der Waals surface area contributed by atoms with Gasteiger partial charge in [0, 0.05) is 17.4 Å². The summed E-state index contributed by atoms with van der Waals surface area (Å²) in [4.78, 5) is 3.35. The van der Waals surface area contributed by atoms with Gasteiger partial charge in [-0.1, -0.05) is 32.9 Å². The Morgan fingerprint density at radius 2 is 1.71 bits per heavy atom. The van der Waals surface area contributed by atoms with Crippen LogP contribution < -0.4 is 0 Å². The van der Waals surface area contributed by atoms with Crippen molar-refractivity contribution in [2.45, 2.75) is 50.5 Å². The van der Waals surface area contributed by atoms with Crippen LogP contribution in [0.25, 0.3) is 0 Å². The van der Waals surface area contributed by atoms with E-state index in [4.69, 9.17) is 0 Å². The van der Waals surface area contributed by atoms with Gasteiger partial charge < -0.3 is 10.0 Å². The SMILES string of the molecule is CC(C)CCSc1ccc(C(C)C(C)(O)CN(C)C)cc1. The van der Waals surface area contributed by atoms with Gasteiger partial charge in [-0.05, 0) is 56.8 Å². The van der Waals surface area contributed by atoms with Gasteiger partial charge >= 0.3 is 0 Å². The lowest BCUT2D eigenvalue weighted by Crippen LogP contribution is -2.41. The van der Waals surface area contributed by atoms with Crippen molar-refractivity contribution in [3.63, 3.8) is 0 Å². The largest absolute Gasteiger partial charge is 0.388 e. The van der Waals surface area contributed by atoms with Crippen molar-refractivity contribution in [1.82, 2.24) is 4.90 Å². The van der Waals surface area contributed by atoms with Gasteiger partial charge in [0.05, 0.1) is 5.60 Å². The van der Waals surface area contributed by atoms with Gasteiger partial charge in [-0.25, -0.2) is 0 Å². The summed E-state index contributed by atoms with van der Waals surface area (Å²) in [5.74, 6) is 2.05. The van der Waals surface area contributed by atoms with E-state index in [1.807, 2.05) is 37.7 Å². The Hall–Kier alpha value is -0.510. The van der Waals surface area contributed by atoms with Crippen LogP contribution in [-0.4, -0.2) is 42.0 Å². The molecule has 0 aliphatic carbocycles. The minimum Gasteiger partial charge on any atom is -0.388 e. The molecule has 0 radical (unpaired) electrons. The van der Waals surface area contributed by atoms with E-state index in [0.717, 1.165) is 5.92 Å². The van der Waals surface area contributed by atoms with Crippen molar-refractivity contribution in [2.24, 2.45) is 5.92 Å². The van der Waals surface area contributed by atoms with Crippen LogP contribution in [0.3, 0.4) is 0 Å². The Bertz CT molecular complexity index is 412. The second-order valence-electron chi connectivity index (χ2n) is 6.92. The standard InChI is InChI=1S/C18H31NOS/c1-14(2)11-12-21-17-9-7-16(8-10-17)15(3)18(4,20)13-19(5)6/h7-10,14-15,20H,11-13H2,1-6H3. The molecule has 2 atom stereocenters. The maximum absolute atomic E-state index is 10.6. The van der Waals surface area contributed by atoms with Gasteiger partial charge in [-0.2, -0.15) is 0 Å². The Kier molecular flexibility index (Phi) is 7.25. The summed E-state index contributed by atoms with van der Waals surface area (Å²) >= 11 is 1.92. The molecule has 0 bridgehead atoms. The van der Waals surface area contributed by atoms with E-state index in [1.165, 1.54) is 22.6 Å². The van der Waals surface area contributed by atoms with Crippen molar-refractivity contribution in [3.05, 3.63) is 29.8 Å². The number of hydrogen-bond donors (Lipinski definition) is 1. The summed E-state index contributed by atoms with van der Waals surface area (Å²) in [6.45, 7) is 9.21. The van der Waals surface area contributed by atoms with Crippen LogP contribution in [0.5, 0.6) is 0 Å². The summed E-state index contributed by atoms with van der Waals surface area (Å²) in [6, 6.07) is 8.68. The number of likely N-dealkylation sites (N-methyl/N-ethyl adjacent to an activating group) is 1. The Labute approximate surface area is 134 Å². The van der Waals surface area contributed by atoms with Gasteiger partial charge in [0.1, 0.15) is 0 Å². The van der Waals surface area contributed by atoms with Gasteiger partial charge in [0.2, 0.25) is 0 Å². The first kappa shape index (κ1) is 18.5. The fraction of sp³-hybridized carbons (Fsp3) is 0.667. The van der Waals surface area contributed by atoms with E-state index in [-0.39, 0.29) is 5.92 Å². The van der Waals surface area contributed by atoms with E-state index < -0.39 is 5.60 Å². The zero-order valence-corrected chi connectivity index (χ0v) is 15.2. The summed E-state index contributed by atoms with van der Waals surface area (Å²) < 4.78 is 0. The summed E-state index contributed by atoms with van der Waals surface area (Å²) in [7, 11) is 3.99. The van der Waals surface area contributed by atoms with Crippen LogP contribution >= 0.6 is 11.8 Å². The molecule has 0 spiro atoms. The molecular formula is C18H31NOS.